The van der Waals surface area contributed by atoms with Gasteiger partial charge in [-0.25, -0.2) is 17.8 Å². The lowest BCUT2D eigenvalue weighted by atomic mass is 10.0. The lowest BCUT2D eigenvalue weighted by Gasteiger charge is -2.29. The minimum Gasteiger partial charge on any atom is -0.470 e. The molecule has 16 heteroatoms. The molecule has 294 valence electrons. The molecule has 4 aromatic rings. The van der Waals surface area contributed by atoms with E-state index in [0.29, 0.717) is 54.2 Å². The molecule has 2 aliphatic carbocycles. The monoisotopic (exact) mass is 786 g/mol. The second-order valence-corrected chi connectivity index (χ2v) is 17.3. The summed E-state index contributed by atoms with van der Waals surface area (Å²) in [5.74, 6) is -3.01. The number of allylic oxidation sites excluding steroid dienone is 1. The molecule has 3 fully saturated rings. The number of hydrogen-bond donors (Lipinski definition) is 3. The first-order valence-corrected chi connectivity index (χ1v) is 20.6. The van der Waals surface area contributed by atoms with E-state index in [-0.39, 0.29) is 36.7 Å². The average molecular weight is 787 g/mol. The Kier molecular flexibility index (Phi) is 9.79. The molecule has 0 unspecified atom stereocenters. The Bertz CT molecular complexity index is 2380. The van der Waals surface area contributed by atoms with Crippen LogP contribution >= 0.6 is 0 Å². The van der Waals surface area contributed by atoms with Crippen LogP contribution in [0.25, 0.3) is 33.5 Å². The van der Waals surface area contributed by atoms with Gasteiger partial charge in [0.15, 0.2) is 5.82 Å². The van der Waals surface area contributed by atoms with Crippen molar-refractivity contribution >= 4 is 55.7 Å². The lowest BCUT2D eigenvalue weighted by Crippen LogP contribution is -2.58. The minimum absolute atomic E-state index is 0.0229. The van der Waals surface area contributed by atoms with E-state index < -0.39 is 74.4 Å². The highest BCUT2D eigenvalue weighted by molar-refractivity contribution is 7.91. The third-order valence-electron chi connectivity index (χ3n) is 11.1. The van der Waals surface area contributed by atoms with E-state index in [1.807, 2.05) is 43.3 Å². The zero-order valence-corrected chi connectivity index (χ0v) is 31.9. The number of fused-ring (bicyclic) bond motifs is 5. The SMILES string of the molecule is CC(=O)N[C@H]1CCCCC/C=C\[C@@H]2C[C@@]2(C(=O)NS(=O)(=O)C2CC2)NC(=O)[C@@H]2C[C@@H](Oc3nc(-c4ccc(C)cc4)nc4c3oc3ccc(F)cc34)CN2C1=O. The van der Waals surface area contributed by atoms with Crippen molar-refractivity contribution in [3.05, 3.63) is 66.0 Å². The molecule has 2 aromatic heterocycles. The predicted octanol–water partition coefficient (Wildman–Crippen LogP) is 4.35. The van der Waals surface area contributed by atoms with Crippen LogP contribution in [0.2, 0.25) is 0 Å². The third kappa shape index (κ3) is 7.45. The van der Waals surface area contributed by atoms with Gasteiger partial charge in [-0.2, -0.15) is 4.98 Å². The number of hydrogen-bond acceptors (Lipinski definition) is 10. The van der Waals surface area contributed by atoms with Gasteiger partial charge in [0, 0.05) is 30.2 Å². The first-order chi connectivity index (χ1) is 26.8. The molecule has 0 radical (unpaired) electrons. The normalized spacial score (nSPS) is 26.4. The first kappa shape index (κ1) is 37.5. The Morgan fingerprint density at radius 2 is 1.84 bits per heavy atom. The van der Waals surface area contributed by atoms with E-state index in [0.717, 1.165) is 18.4 Å². The molecule has 0 spiro atoms. The van der Waals surface area contributed by atoms with E-state index in [1.165, 1.54) is 30.0 Å². The maximum atomic E-state index is 14.5. The quantitative estimate of drug-likeness (QED) is 0.227. The van der Waals surface area contributed by atoms with Gasteiger partial charge in [-0.05, 0) is 63.6 Å². The van der Waals surface area contributed by atoms with Gasteiger partial charge in [-0.1, -0.05) is 54.8 Å². The summed E-state index contributed by atoms with van der Waals surface area (Å²) >= 11 is 0. The number of benzene rings is 2. The summed E-state index contributed by atoms with van der Waals surface area (Å²) in [6.45, 7) is 3.18. The molecule has 1 saturated heterocycles. The van der Waals surface area contributed by atoms with Crippen molar-refractivity contribution in [3.63, 3.8) is 0 Å². The van der Waals surface area contributed by atoms with Crippen LogP contribution < -0.4 is 20.1 Å². The number of carbonyl (C=O) groups is 4. The summed E-state index contributed by atoms with van der Waals surface area (Å²) in [4.78, 5) is 65.6. The average Bonchev–Trinajstić information content (AvgIpc) is 4.06. The van der Waals surface area contributed by atoms with Crippen LogP contribution in [0.4, 0.5) is 4.39 Å². The number of halogens is 1. The summed E-state index contributed by atoms with van der Waals surface area (Å²) in [6.07, 6.45) is 7.23. The highest BCUT2D eigenvalue weighted by Crippen LogP contribution is 2.46. The van der Waals surface area contributed by atoms with Crippen LogP contribution in [-0.2, 0) is 29.2 Å². The van der Waals surface area contributed by atoms with Gasteiger partial charge in [0.25, 0.3) is 11.8 Å². The van der Waals surface area contributed by atoms with E-state index in [9.17, 15) is 32.0 Å². The van der Waals surface area contributed by atoms with Crippen molar-refractivity contribution in [1.29, 1.82) is 0 Å². The second kappa shape index (κ2) is 14.6. The van der Waals surface area contributed by atoms with Crippen molar-refractivity contribution in [2.45, 2.75) is 101 Å². The number of aromatic nitrogens is 2. The number of aryl methyl sites for hydroxylation is 1. The van der Waals surface area contributed by atoms with Crippen molar-refractivity contribution in [2.75, 3.05) is 6.54 Å². The fraction of sp³-hybridized carbons (Fsp3) is 0.450. The van der Waals surface area contributed by atoms with Crippen LogP contribution in [0.1, 0.15) is 70.3 Å². The van der Waals surface area contributed by atoms with Gasteiger partial charge in [-0.15, -0.1) is 0 Å². The first-order valence-electron chi connectivity index (χ1n) is 19.1. The topological polar surface area (TPSA) is 190 Å². The molecule has 3 N–H and O–H groups in total. The molecule has 56 heavy (non-hydrogen) atoms. The van der Waals surface area contributed by atoms with Gasteiger partial charge in [-0.3, -0.25) is 23.9 Å². The Balaban J connectivity index is 1.15. The van der Waals surface area contributed by atoms with Gasteiger partial charge in [0.1, 0.15) is 40.6 Å². The van der Waals surface area contributed by atoms with Gasteiger partial charge >= 0.3 is 0 Å². The molecular formula is C40H43FN6O8S. The molecule has 5 atom stereocenters. The smallest absolute Gasteiger partial charge is 0.262 e. The van der Waals surface area contributed by atoms with Crippen molar-refractivity contribution in [3.8, 4) is 17.3 Å². The fourth-order valence-corrected chi connectivity index (χ4v) is 9.12. The van der Waals surface area contributed by atoms with Crippen molar-refractivity contribution in [2.24, 2.45) is 5.92 Å². The lowest BCUT2D eigenvalue weighted by molar-refractivity contribution is -0.142. The maximum Gasteiger partial charge on any atom is 0.262 e. The molecule has 4 aliphatic rings. The number of furan rings is 1. The number of ether oxygens (including phenoxy) is 1. The second-order valence-electron chi connectivity index (χ2n) is 15.4. The highest BCUT2D eigenvalue weighted by Gasteiger charge is 2.62. The van der Waals surface area contributed by atoms with E-state index >= 15 is 0 Å². The molecule has 2 saturated carbocycles. The molecule has 4 heterocycles. The fourth-order valence-electron chi connectivity index (χ4n) is 7.75. The molecule has 8 rings (SSSR count). The number of amides is 4. The zero-order valence-electron chi connectivity index (χ0n) is 31.0. The Morgan fingerprint density at radius 1 is 1.05 bits per heavy atom. The summed E-state index contributed by atoms with van der Waals surface area (Å²) in [7, 11) is -3.92. The maximum absolute atomic E-state index is 14.5. The molecule has 4 amide bonds. The molecule has 2 aliphatic heterocycles. The number of carbonyl (C=O) groups excluding carboxylic acids is 4. The number of nitrogens with one attached hydrogen (secondary N) is 3. The van der Waals surface area contributed by atoms with E-state index in [4.69, 9.17) is 19.1 Å². The summed E-state index contributed by atoms with van der Waals surface area (Å²) in [6, 6.07) is 9.49. The van der Waals surface area contributed by atoms with Gasteiger partial charge in [0.2, 0.25) is 33.3 Å². The minimum atomic E-state index is -3.92. The third-order valence-corrected chi connectivity index (χ3v) is 12.9. The largest absolute Gasteiger partial charge is 0.470 e. The predicted molar refractivity (Wildman–Crippen MR) is 203 cm³/mol. The van der Waals surface area contributed by atoms with E-state index in [1.54, 1.807) is 0 Å². The standard InChI is InChI=1S/C40H43FN6O8S/c1-22-10-12-24(13-11-22)35-43-33-29-18-26(41)14-17-32(29)55-34(33)37(44-35)54-27-19-31-36(49)45-40(39(51)46-56(52,53)28-15-16-28)20-25(40)8-6-4-3-5-7-9-30(42-23(2)48)38(50)47(31)21-27/h6,8,10-14,17-18,25,27-28,30-31H,3-5,7,9,15-16,19-21H2,1-2H3,(H,42,48)(H,45,49)(H,46,51)/b8-6-/t25-,27-,30+,31+,40-/m1/s1. The van der Waals surface area contributed by atoms with Crippen LogP contribution in [0.5, 0.6) is 5.88 Å². The Morgan fingerprint density at radius 3 is 2.59 bits per heavy atom. The van der Waals surface area contributed by atoms with Crippen LogP contribution in [0.15, 0.2) is 59.0 Å². The van der Waals surface area contributed by atoms with Crippen LogP contribution in [0.3, 0.4) is 0 Å². The number of nitrogens with zero attached hydrogens (tertiary/aromatic N) is 3. The van der Waals surface area contributed by atoms with Crippen molar-refractivity contribution in [1.82, 2.24) is 30.2 Å². The molecule has 14 nitrogen and oxygen atoms in total. The van der Waals surface area contributed by atoms with Gasteiger partial charge < -0.3 is 24.7 Å². The summed E-state index contributed by atoms with van der Waals surface area (Å²) in [5.41, 5.74) is 0.974. The summed E-state index contributed by atoms with van der Waals surface area (Å²) < 4.78 is 55.0. The van der Waals surface area contributed by atoms with Crippen LogP contribution in [-0.4, -0.2) is 82.4 Å². The highest BCUT2D eigenvalue weighted by atomic mass is 32.2. The zero-order chi connectivity index (χ0) is 39.4. The Hall–Kier alpha value is -5.38. The van der Waals surface area contributed by atoms with Crippen molar-refractivity contribution < 1.29 is 41.1 Å². The van der Waals surface area contributed by atoms with E-state index in [2.05, 4.69) is 15.4 Å². The molecule has 0 bridgehead atoms. The Labute approximate surface area is 322 Å². The number of sulfonamides is 1. The summed E-state index contributed by atoms with van der Waals surface area (Å²) in [5, 5.41) is 5.38. The van der Waals surface area contributed by atoms with Gasteiger partial charge in [0.05, 0.1) is 11.8 Å². The van der Waals surface area contributed by atoms with Crippen LogP contribution in [0, 0.1) is 18.7 Å². The molecule has 2 aromatic carbocycles. The number of rotatable bonds is 7. The molecular weight excluding hydrogens is 744 g/mol.